The number of amides is 1. The lowest BCUT2D eigenvalue weighted by Crippen LogP contribution is -2.48. The fourth-order valence-electron chi connectivity index (χ4n) is 1.56. The standard InChI is InChI=1S/C9H14N2O2/c1-7-5-11(6-8(2)13-7)9(12)3-4-10/h7-8H,3,5-6H2,1-2H3/t7-,8-/m1/s1. The maximum atomic E-state index is 11.3. The molecule has 1 heterocycles. The van der Waals surface area contributed by atoms with Gasteiger partial charge >= 0.3 is 0 Å². The van der Waals surface area contributed by atoms with Crippen LogP contribution in [0.5, 0.6) is 0 Å². The molecule has 2 atom stereocenters. The number of rotatable bonds is 1. The topological polar surface area (TPSA) is 53.3 Å². The van der Waals surface area contributed by atoms with Gasteiger partial charge in [0.15, 0.2) is 0 Å². The van der Waals surface area contributed by atoms with Gasteiger partial charge in [-0.05, 0) is 13.8 Å². The number of hydrogen-bond acceptors (Lipinski definition) is 3. The zero-order valence-corrected chi connectivity index (χ0v) is 7.99. The molecule has 13 heavy (non-hydrogen) atoms. The Morgan fingerprint density at radius 2 is 2.08 bits per heavy atom. The molecule has 4 nitrogen and oxygen atoms in total. The van der Waals surface area contributed by atoms with Gasteiger partial charge in [0.25, 0.3) is 0 Å². The van der Waals surface area contributed by atoms with E-state index in [9.17, 15) is 4.79 Å². The predicted octanol–water partition coefficient (Wildman–Crippen LogP) is 0.536. The Balaban J connectivity index is 2.50. The minimum Gasteiger partial charge on any atom is -0.372 e. The third-order valence-corrected chi connectivity index (χ3v) is 2.00. The van der Waals surface area contributed by atoms with Crippen LogP contribution in [-0.2, 0) is 9.53 Å². The minimum atomic E-state index is -0.0931. The van der Waals surface area contributed by atoms with Crippen LogP contribution in [-0.4, -0.2) is 36.1 Å². The molecule has 0 aromatic rings. The summed E-state index contributed by atoms with van der Waals surface area (Å²) >= 11 is 0. The molecule has 0 aliphatic carbocycles. The van der Waals surface area contributed by atoms with Gasteiger partial charge in [0, 0.05) is 13.1 Å². The second-order valence-electron chi connectivity index (χ2n) is 3.39. The van der Waals surface area contributed by atoms with E-state index in [0.717, 1.165) is 0 Å². The van der Waals surface area contributed by atoms with Crippen molar-refractivity contribution in [2.75, 3.05) is 13.1 Å². The van der Waals surface area contributed by atoms with Crippen molar-refractivity contribution in [1.82, 2.24) is 4.90 Å². The van der Waals surface area contributed by atoms with E-state index in [4.69, 9.17) is 10.00 Å². The summed E-state index contributed by atoms with van der Waals surface area (Å²) in [5.74, 6) is -0.0931. The monoisotopic (exact) mass is 182 g/mol. The Labute approximate surface area is 78.1 Å². The number of hydrogen-bond donors (Lipinski definition) is 0. The van der Waals surface area contributed by atoms with Crippen molar-refractivity contribution >= 4 is 5.91 Å². The highest BCUT2D eigenvalue weighted by molar-refractivity contribution is 5.78. The maximum Gasteiger partial charge on any atom is 0.236 e. The number of nitriles is 1. The number of morpholine rings is 1. The Bertz CT molecular complexity index is 224. The molecule has 0 saturated carbocycles. The van der Waals surface area contributed by atoms with Crippen LogP contribution in [0, 0.1) is 11.3 Å². The normalized spacial score (nSPS) is 28.2. The molecule has 0 spiro atoms. The van der Waals surface area contributed by atoms with E-state index >= 15 is 0 Å². The van der Waals surface area contributed by atoms with Gasteiger partial charge in [-0.1, -0.05) is 0 Å². The van der Waals surface area contributed by atoms with Crippen molar-refractivity contribution in [1.29, 1.82) is 5.26 Å². The molecule has 72 valence electrons. The molecule has 1 fully saturated rings. The van der Waals surface area contributed by atoms with Crippen molar-refractivity contribution in [2.24, 2.45) is 0 Å². The lowest BCUT2D eigenvalue weighted by Gasteiger charge is -2.34. The van der Waals surface area contributed by atoms with Crippen molar-refractivity contribution in [2.45, 2.75) is 32.5 Å². The molecule has 1 saturated heterocycles. The summed E-state index contributed by atoms with van der Waals surface area (Å²) in [4.78, 5) is 13.0. The average molecular weight is 182 g/mol. The van der Waals surface area contributed by atoms with E-state index in [1.54, 1.807) is 4.90 Å². The lowest BCUT2D eigenvalue weighted by molar-refractivity contribution is -0.142. The maximum absolute atomic E-state index is 11.3. The number of carbonyl (C=O) groups is 1. The summed E-state index contributed by atoms with van der Waals surface area (Å²) in [7, 11) is 0. The van der Waals surface area contributed by atoms with Gasteiger partial charge in [0.2, 0.25) is 5.91 Å². The van der Waals surface area contributed by atoms with Gasteiger partial charge in [-0.25, -0.2) is 0 Å². The highest BCUT2D eigenvalue weighted by Crippen LogP contribution is 2.11. The average Bonchev–Trinajstić information content (AvgIpc) is 2.03. The Morgan fingerprint density at radius 3 is 2.54 bits per heavy atom. The third-order valence-electron chi connectivity index (χ3n) is 2.00. The Morgan fingerprint density at radius 1 is 1.54 bits per heavy atom. The van der Waals surface area contributed by atoms with Crippen molar-refractivity contribution < 1.29 is 9.53 Å². The highest BCUT2D eigenvalue weighted by atomic mass is 16.5. The first kappa shape index (κ1) is 10.0. The first-order chi connectivity index (χ1) is 6.13. The van der Waals surface area contributed by atoms with E-state index < -0.39 is 0 Å². The SMILES string of the molecule is C[C@@H]1CN(C(=O)CC#N)C[C@@H](C)O1. The zero-order valence-electron chi connectivity index (χ0n) is 7.99. The van der Waals surface area contributed by atoms with Crippen LogP contribution in [0.2, 0.25) is 0 Å². The van der Waals surface area contributed by atoms with Crippen molar-refractivity contribution in [3.63, 3.8) is 0 Å². The van der Waals surface area contributed by atoms with Crippen molar-refractivity contribution in [3.05, 3.63) is 0 Å². The summed E-state index contributed by atoms with van der Waals surface area (Å²) in [5, 5.41) is 8.37. The largest absolute Gasteiger partial charge is 0.372 e. The molecule has 0 bridgehead atoms. The van der Waals surface area contributed by atoms with Crippen LogP contribution in [0.15, 0.2) is 0 Å². The Kier molecular flexibility index (Phi) is 3.26. The molecule has 1 rings (SSSR count). The third kappa shape index (κ3) is 2.71. The number of nitrogens with zero attached hydrogens (tertiary/aromatic N) is 2. The first-order valence-corrected chi connectivity index (χ1v) is 4.43. The summed E-state index contributed by atoms with van der Waals surface area (Å²) in [6.07, 6.45) is 0.122. The van der Waals surface area contributed by atoms with E-state index in [-0.39, 0.29) is 24.5 Å². The summed E-state index contributed by atoms with van der Waals surface area (Å²) in [5.41, 5.74) is 0. The minimum absolute atomic E-state index is 0.0283. The summed E-state index contributed by atoms with van der Waals surface area (Å²) < 4.78 is 5.47. The zero-order chi connectivity index (χ0) is 9.84. The number of ether oxygens (including phenoxy) is 1. The van der Waals surface area contributed by atoms with Crippen LogP contribution in [0.3, 0.4) is 0 Å². The molecule has 0 aromatic carbocycles. The van der Waals surface area contributed by atoms with E-state index in [1.165, 1.54) is 0 Å². The molecule has 1 aliphatic heterocycles. The Hall–Kier alpha value is -1.08. The van der Waals surface area contributed by atoms with E-state index in [0.29, 0.717) is 13.1 Å². The quantitative estimate of drug-likeness (QED) is 0.594. The number of carbonyl (C=O) groups excluding carboxylic acids is 1. The smallest absolute Gasteiger partial charge is 0.236 e. The van der Waals surface area contributed by atoms with Gasteiger partial charge in [-0.2, -0.15) is 5.26 Å². The summed E-state index contributed by atoms with van der Waals surface area (Å²) in [6.45, 7) is 5.07. The molecule has 1 amide bonds. The van der Waals surface area contributed by atoms with Crippen LogP contribution in [0.4, 0.5) is 0 Å². The van der Waals surface area contributed by atoms with E-state index in [2.05, 4.69) is 0 Å². The van der Waals surface area contributed by atoms with Crippen LogP contribution in [0.1, 0.15) is 20.3 Å². The molecule has 0 N–H and O–H groups in total. The van der Waals surface area contributed by atoms with Crippen LogP contribution < -0.4 is 0 Å². The van der Waals surface area contributed by atoms with Crippen molar-refractivity contribution in [3.8, 4) is 6.07 Å². The molecule has 0 unspecified atom stereocenters. The molecule has 1 aliphatic rings. The second-order valence-corrected chi connectivity index (χ2v) is 3.39. The summed E-state index contributed by atoms with van der Waals surface area (Å²) in [6, 6.07) is 1.86. The fourth-order valence-corrected chi connectivity index (χ4v) is 1.56. The van der Waals surface area contributed by atoms with Gasteiger partial charge in [0.05, 0.1) is 18.3 Å². The van der Waals surface area contributed by atoms with Gasteiger partial charge in [-0.3, -0.25) is 4.79 Å². The second kappa shape index (κ2) is 4.24. The molecule has 0 aromatic heterocycles. The van der Waals surface area contributed by atoms with Crippen LogP contribution >= 0.6 is 0 Å². The molecular formula is C9H14N2O2. The van der Waals surface area contributed by atoms with Crippen LogP contribution in [0.25, 0.3) is 0 Å². The lowest BCUT2D eigenvalue weighted by atomic mass is 10.2. The van der Waals surface area contributed by atoms with E-state index in [1.807, 2.05) is 19.9 Å². The molecule has 0 radical (unpaired) electrons. The molecule has 4 heteroatoms. The van der Waals surface area contributed by atoms with Gasteiger partial charge in [0.1, 0.15) is 6.42 Å². The van der Waals surface area contributed by atoms with Gasteiger partial charge < -0.3 is 9.64 Å². The molecular weight excluding hydrogens is 168 g/mol. The first-order valence-electron chi connectivity index (χ1n) is 4.43. The highest BCUT2D eigenvalue weighted by Gasteiger charge is 2.25. The van der Waals surface area contributed by atoms with Gasteiger partial charge in [-0.15, -0.1) is 0 Å². The fraction of sp³-hybridized carbons (Fsp3) is 0.778. The predicted molar refractivity (Wildman–Crippen MR) is 46.8 cm³/mol.